The highest BCUT2D eigenvalue weighted by atomic mass is 19.4. The monoisotopic (exact) mass is 384 g/mol. The summed E-state index contributed by atoms with van der Waals surface area (Å²) in [6, 6.07) is 3.88. The summed E-state index contributed by atoms with van der Waals surface area (Å²) in [6.45, 7) is 1.41. The van der Waals surface area contributed by atoms with Crippen LogP contribution in [-0.4, -0.2) is 71.9 Å². The SMILES string of the molecule is CN1C(=O)CC(N2CCN(C(=O)c3cccc(C(F)(F)F)c3)CC2)NC1=O. The largest absolute Gasteiger partial charge is 0.416 e. The number of hydrogen-bond acceptors (Lipinski definition) is 4. The van der Waals surface area contributed by atoms with Crippen LogP contribution in [0.5, 0.6) is 0 Å². The fourth-order valence-corrected chi connectivity index (χ4v) is 3.17. The third-order valence-electron chi connectivity index (χ3n) is 4.82. The maximum Gasteiger partial charge on any atom is 0.416 e. The minimum absolute atomic E-state index is 0.0129. The Morgan fingerprint density at radius 2 is 1.81 bits per heavy atom. The lowest BCUT2D eigenvalue weighted by Crippen LogP contribution is -2.62. The highest BCUT2D eigenvalue weighted by Crippen LogP contribution is 2.29. The lowest BCUT2D eigenvalue weighted by atomic mass is 10.1. The standard InChI is InChI=1S/C17H19F3N4O3/c1-22-14(25)10-13(21-16(22)27)23-5-7-24(8-6-23)15(26)11-3-2-4-12(9-11)17(18,19)20/h2-4,9,13H,5-8,10H2,1H3,(H,21,27). The minimum Gasteiger partial charge on any atom is -0.336 e. The molecule has 1 aromatic carbocycles. The molecule has 3 rings (SSSR count). The molecule has 0 radical (unpaired) electrons. The molecule has 2 heterocycles. The van der Waals surface area contributed by atoms with Crippen molar-refractivity contribution in [1.29, 1.82) is 0 Å². The van der Waals surface area contributed by atoms with Crippen LogP contribution in [0.3, 0.4) is 0 Å². The number of urea groups is 1. The van der Waals surface area contributed by atoms with Gasteiger partial charge < -0.3 is 10.2 Å². The van der Waals surface area contributed by atoms with Crippen LogP contribution in [0, 0.1) is 0 Å². The van der Waals surface area contributed by atoms with Gasteiger partial charge in [-0.2, -0.15) is 13.2 Å². The van der Waals surface area contributed by atoms with Crippen molar-refractivity contribution in [2.24, 2.45) is 0 Å². The number of hydrogen-bond donors (Lipinski definition) is 1. The highest BCUT2D eigenvalue weighted by molar-refractivity contribution is 5.97. The van der Waals surface area contributed by atoms with Crippen LogP contribution in [0.15, 0.2) is 24.3 Å². The first-order valence-corrected chi connectivity index (χ1v) is 8.44. The summed E-state index contributed by atoms with van der Waals surface area (Å²) in [5, 5.41) is 2.73. The zero-order chi connectivity index (χ0) is 19.8. The van der Waals surface area contributed by atoms with Crippen molar-refractivity contribution < 1.29 is 27.6 Å². The number of nitrogens with one attached hydrogen (secondary N) is 1. The van der Waals surface area contributed by atoms with E-state index in [0.29, 0.717) is 26.2 Å². The molecule has 1 unspecified atom stereocenters. The molecule has 7 nitrogen and oxygen atoms in total. The van der Waals surface area contributed by atoms with Crippen LogP contribution >= 0.6 is 0 Å². The molecule has 1 atom stereocenters. The van der Waals surface area contributed by atoms with Gasteiger partial charge >= 0.3 is 12.2 Å². The molecular formula is C17H19F3N4O3. The van der Waals surface area contributed by atoms with Gasteiger partial charge in [0, 0.05) is 38.8 Å². The van der Waals surface area contributed by atoms with Crippen molar-refractivity contribution in [3.05, 3.63) is 35.4 Å². The van der Waals surface area contributed by atoms with Gasteiger partial charge in [0.15, 0.2) is 0 Å². The molecule has 0 spiro atoms. The topological polar surface area (TPSA) is 73.0 Å². The van der Waals surface area contributed by atoms with Gasteiger partial charge in [-0.1, -0.05) is 6.07 Å². The molecule has 1 N–H and O–H groups in total. The Balaban J connectivity index is 1.62. The number of halogens is 3. The van der Waals surface area contributed by atoms with Gasteiger partial charge in [0.2, 0.25) is 5.91 Å². The van der Waals surface area contributed by atoms with Crippen LogP contribution < -0.4 is 5.32 Å². The third-order valence-corrected chi connectivity index (χ3v) is 4.82. The van der Waals surface area contributed by atoms with E-state index in [-0.39, 0.29) is 17.9 Å². The first kappa shape index (κ1) is 19.2. The van der Waals surface area contributed by atoms with Gasteiger partial charge in [0.05, 0.1) is 18.2 Å². The Kier molecular flexibility index (Phi) is 5.09. The zero-order valence-corrected chi connectivity index (χ0v) is 14.6. The van der Waals surface area contributed by atoms with Crippen molar-refractivity contribution in [3.63, 3.8) is 0 Å². The van der Waals surface area contributed by atoms with Crippen LogP contribution in [0.25, 0.3) is 0 Å². The van der Waals surface area contributed by atoms with E-state index in [4.69, 9.17) is 0 Å². The van der Waals surface area contributed by atoms with E-state index in [2.05, 4.69) is 5.32 Å². The molecule has 2 aliphatic rings. The maximum atomic E-state index is 12.8. The average Bonchev–Trinajstić information content (AvgIpc) is 2.64. The summed E-state index contributed by atoms with van der Waals surface area (Å²) in [4.78, 5) is 40.4. The maximum absolute atomic E-state index is 12.8. The minimum atomic E-state index is -4.51. The van der Waals surface area contributed by atoms with E-state index in [1.54, 1.807) is 0 Å². The van der Waals surface area contributed by atoms with E-state index >= 15 is 0 Å². The molecule has 4 amide bonds. The molecule has 1 aromatic rings. The Hall–Kier alpha value is -2.62. The first-order chi connectivity index (χ1) is 12.7. The lowest BCUT2D eigenvalue weighted by molar-refractivity contribution is -0.137. The van der Waals surface area contributed by atoms with Crippen LogP contribution in [0.2, 0.25) is 0 Å². The number of imide groups is 1. The number of carbonyl (C=O) groups excluding carboxylic acids is 3. The molecule has 0 saturated carbocycles. The van der Waals surface area contributed by atoms with E-state index in [9.17, 15) is 27.6 Å². The smallest absolute Gasteiger partial charge is 0.336 e. The van der Waals surface area contributed by atoms with E-state index in [1.165, 1.54) is 24.1 Å². The molecule has 10 heteroatoms. The highest BCUT2D eigenvalue weighted by Gasteiger charge is 2.35. The van der Waals surface area contributed by atoms with Crippen molar-refractivity contribution in [2.45, 2.75) is 18.8 Å². The van der Waals surface area contributed by atoms with Crippen molar-refractivity contribution >= 4 is 17.8 Å². The first-order valence-electron chi connectivity index (χ1n) is 8.44. The Labute approximate surface area is 153 Å². The second kappa shape index (κ2) is 7.18. The normalized spacial score (nSPS) is 22.0. The lowest BCUT2D eigenvalue weighted by Gasteiger charge is -2.41. The second-order valence-electron chi connectivity index (χ2n) is 6.53. The molecule has 2 aliphatic heterocycles. The summed E-state index contributed by atoms with van der Waals surface area (Å²) in [5.41, 5.74) is -0.874. The number of benzene rings is 1. The summed E-state index contributed by atoms with van der Waals surface area (Å²) < 4.78 is 38.5. The van der Waals surface area contributed by atoms with Gasteiger partial charge in [-0.15, -0.1) is 0 Å². The van der Waals surface area contributed by atoms with Gasteiger partial charge in [0.1, 0.15) is 0 Å². The molecule has 0 bridgehead atoms. The Morgan fingerprint density at radius 3 is 2.41 bits per heavy atom. The average molecular weight is 384 g/mol. The molecule has 2 saturated heterocycles. The van der Waals surface area contributed by atoms with E-state index in [0.717, 1.165) is 17.0 Å². The summed E-state index contributed by atoms with van der Waals surface area (Å²) in [7, 11) is 1.40. The molecule has 0 aliphatic carbocycles. The van der Waals surface area contributed by atoms with Gasteiger partial charge in [-0.25, -0.2) is 4.79 Å². The van der Waals surface area contributed by atoms with Crippen molar-refractivity contribution in [3.8, 4) is 0 Å². The Bertz CT molecular complexity index is 742. The summed E-state index contributed by atoms with van der Waals surface area (Å²) in [6.07, 6.45) is -4.80. The van der Waals surface area contributed by atoms with Crippen LogP contribution in [-0.2, 0) is 11.0 Å². The molecule has 146 valence electrons. The van der Waals surface area contributed by atoms with Gasteiger partial charge in [-0.05, 0) is 18.2 Å². The van der Waals surface area contributed by atoms with E-state index in [1.807, 2.05) is 4.90 Å². The van der Waals surface area contributed by atoms with Crippen molar-refractivity contribution in [1.82, 2.24) is 20.0 Å². The van der Waals surface area contributed by atoms with Crippen LogP contribution in [0.4, 0.5) is 18.0 Å². The molecule has 0 aromatic heterocycles. The predicted octanol–water partition coefficient (Wildman–Crippen LogP) is 1.36. The quantitative estimate of drug-likeness (QED) is 0.836. The summed E-state index contributed by atoms with van der Waals surface area (Å²) in [5.74, 6) is -0.754. The number of alkyl halides is 3. The number of piperazine rings is 1. The fraction of sp³-hybridized carbons (Fsp3) is 0.471. The fourth-order valence-electron chi connectivity index (χ4n) is 3.17. The number of amides is 4. The molecular weight excluding hydrogens is 365 g/mol. The number of rotatable bonds is 2. The van der Waals surface area contributed by atoms with Gasteiger partial charge in [-0.3, -0.25) is 19.4 Å². The second-order valence-corrected chi connectivity index (χ2v) is 6.53. The number of carbonyl (C=O) groups is 3. The Morgan fingerprint density at radius 1 is 1.15 bits per heavy atom. The van der Waals surface area contributed by atoms with E-state index < -0.39 is 29.8 Å². The summed E-state index contributed by atoms with van der Waals surface area (Å²) >= 11 is 0. The predicted molar refractivity (Wildman–Crippen MR) is 88.6 cm³/mol. The van der Waals surface area contributed by atoms with Crippen molar-refractivity contribution in [2.75, 3.05) is 33.2 Å². The van der Waals surface area contributed by atoms with Crippen LogP contribution in [0.1, 0.15) is 22.3 Å². The third kappa shape index (κ3) is 4.05. The van der Waals surface area contributed by atoms with Gasteiger partial charge in [0.25, 0.3) is 5.91 Å². The molecule has 2 fully saturated rings. The zero-order valence-electron chi connectivity index (χ0n) is 14.6. The molecule has 27 heavy (non-hydrogen) atoms. The number of nitrogens with zero attached hydrogens (tertiary/aromatic N) is 3.